The minimum absolute atomic E-state index is 0.0937. The Labute approximate surface area is 169 Å². The first-order valence-electron chi connectivity index (χ1n) is 9.65. The van der Waals surface area contributed by atoms with Crippen LogP contribution >= 0.6 is 11.3 Å². The summed E-state index contributed by atoms with van der Waals surface area (Å²) in [5, 5.41) is 0.948. The number of nitrogens with zero attached hydrogens (tertiary/aromatic N) is 4. The number of hydrogen-bond acceptors (Lipinski definition) is 7. The second kappa shape index (κ2) is 8.06. The van der Waals surface area contributed by atoms with Gasteiger partial charge in [0.2, 0.25) is 5.91 Å². The molecule has 7 nitrogen and oxygen atoms in total. The zero-order valence-corrected chi connectivity index (χ0v) is 17.7. The summed E-state index contributed by atoms with van der Waals surface area (Å²) in [6.07, 6.45) is 0.742. The molecule has 2 saturated heterocycles. The normalized spacial score (nSPS) is 23.2. The number of para-hydroxylation sites is 1. The van der Waals surface area contributed by atoms with Gasteiger partial charge in [-0.25, -0.2) is 13.4 Å². The predicted molar refractivity (Wildman–Crippen MR) is 111 cm³/mol. The number of benzene rings is 1. The molecule has 0 radical (unpaired) electrons. The van der Waals surface area contributed by atoms with Crippen LogP contribution in [0.25, 0.3) is 10.2 Å². The van der Waals surface area contributed by atoms with Crippen molar-refractivity contribution >= 4 is 37.3 Å². The summed E-state index contributed by atoms with van der Waals surface area (Å²) < 4.78 is 24.5. The molecule has 0 unspecified atom stereocenters. The first-order valence-corrected chi connectivity index (χ1v) is 12.3. The average molecular weight is 423 g/mol. The van der Waals surface area contributed by atoms with E-state index in [4.69, 9.17) is 0 Å². The Morgan fingerprint density at radius 3 is 2.68 bits per heavy atom. The number of fused-ring (bicyclic) bond motifs is 1. The monoisotopic (exact) mass is 422 g/mol. The highest BCUT2D eigenvalue weighted by Crippen LogP contribution is 2.22. The van der Waals surface area contributed by atoms with Gasteiger partial charge in [-0.1, -0.05) is 12.1 Å². The SMILES string of the molecule is CN(Cc1nc2ccccc2s1)C(=O)CN1CCN([C@H]2CCS(=O)(=O)C2)CC1. The van der Waals surface area contributed by atoms with Crippen LogP contribution in [0.3, 0.4) is 0 Å². The van der Waals surface area contributed by atoms with Crippen LogP contribution in [0.5, 0.6) is 0 Å². The van der Waals surface area contributed by atoms with E-state index in [1.54, 1.807) is 16.2 Å². The van der Waals surface area contributed by atoms with Crippen molar-refractivity contribution in [3.63, 3.8) is 0 Å². The molecular formula is C19H26N4O3S2. The fourth-order valence-corrected chi connectivity index (χ4v) is 6.72. The van der Waals surface area contributed by atoms with Crippen LogP contribution < -0.4 is 0 Å². The molecular weight excluding hydrogens is 396 g/mol. The van der Waals surface area contributed by atoms with Crippen LogP contribution in [0.1, 0.15) is 11.4 Å². The molecule has 2 aliphatic rings. The topological polar surface area (TPSA) is 73.8 Å². The lowest BCUT2D eigenvalue weighted by Gasteiger charge is -2.37. The number of carbonyl (C=O) groups is 1. The van der Waals surface area contributed by atoms with Gasteiger partial charge in [-0.05, 0) is 18.6 Å². The summed E-state index contributed by atoms with van der Waals surface area (Å²) in [6, 6.07) is 8.17. The van der Waals surface area contributed by atoms with E-state index >= 15 is 0 Å². The second-order valence-corrected chi connectivity index (χ2v) is 11.0. The van der Waals surface area contributed by atoms with E-state index in [1.807, 2.05) is 31.3 Å². The Balaban J connectivity index is 1.26. The maximum Gasteiger partial charge on any atom is 0.236 e. The molecule has 0 aliphatic carbocycles. The second-order valence-electron chi connectivity index (χ2n) is 7.69. The summed E-state index contributed by atoms with van der Waals surface area (Å²) >= 11 is 1.63. The lowest BCUT2D eigenvalue weighted by atomic mass is 10.2. The summed E-state index contributed by atoms with van der Waals surface area (Å²) in [4.78, 5) is 23.4. The Bertz CT molecular complexity index is 918. The van der Waals surface area contributed by atoms with Crippen molar-refractivity contribution in [2.45, 2.75) is 19.0 Å². The quantitative estimate of drug-likeness (QED) is 0.717. The van der Waals surface area contributed by atoms with Crippen LogP contribution in [-0.2, 0) is 21.2 Å². The summed E-state index contributed by atoms with van der Waals surface area (Å²) in [5.41, 5.74) is 0.980. The lowest BCUT2D eigenvalue weighted by molar-refractivity contribution is -0.132. The van der Waals surface area contributed by atoms with Crippen molar-refractivity contribution in [3.05, 3.63) is 29.3 Å². The molecule has 1 atom stereocenters. The van der Waals surface area contributed by atoms with E-state index in [0.717, 1.165) is 47.8 Å². The number of thiazole rings is 1. The molecule has 2 aliphatic heterocycles. The first kappa shape index (κ1) is 19.8. The Morgan fingerprint density at radius 1 is 1.25 bits per heavy atom. The maximum atomic E-state index is 12.6. The van der Waals surface area contributed by atoms with E-state index in [9.17, 15) is 13.2 Å². The molecule has 0 spiro atoms. The Kier molecular flexibility index (Phi) is 5.69. The fraction of sp³-hybridized carbons (Fsp3) is 0.579. The molecule has 2 aromatic rings. The molecule has 0 saturated carbocycles. The van der Waals surface area contributed by atoms with Gasteiger partial charge in [0.25, 0.3) is 0 Å². The summed E-state index contributed by atoms with van der Waals surface area (Å²) in [7, 11) is -1.02. The highest BCUT2D eigenvalue weighted by molar-refractivity contribution is 7.91. The van der Waals surface area contributed by atoms with E-state index in [0.29, 0.717) is 18.8 Å². The summed E-state index contributed by atoms with van der Waals surface area (Å²) in [6.45, 7) is 4.19. The molecule has 3 heterocycles. The van der Waals surface area contributed by atoms with Gasteiger partial charge in [0.1, 0.15) is 5.01 Å². The van der Waals surface area contributed by atoms with Gasteiger partial charge in [-0.15, -0.1) is 11.3 Å². The van der Waals surface area contributed by atoms with E-state index < -0.39 is 9.84 Å². The van der Waals surface area contributed by atoms with Gasteiger partial charge in [-0.2, -0.15) is 0 Å². The third-order valence-corrected chi connectivity index (χ3v) is 8.40. The summed E-state index contributed by atoms with van der Waals surface area (Å²) in [5.74, 6) is 0.695. The highest BCUT2D eigenvalue weighted by atomic mass is 32.2. The number of rotatable bonds is 5. The van der Waals surface area contributed by atoms with Gasteiger partial charge in [0.05, 0.1) is 34.8 Å². The number of carbonyl (C=O) groups excluding carboxylic acids is 1. The third kappa shape index (κ3) is 4.53. The molecule has 1 aromatic carbocycles. The van der Waals surface area contributed by atoms with E-state index in [1.165, 1.54) is 0 Å². The molecule has 1 aromatic heterocycles. The van der Waals surface area contributed by atoms with Crippen LogP contribution in [-0.4, -0.2) is 91.3 Å². The van der Waals surface area contributed by atoms with Crippen molar-refractivity contribution in [1.82, 2.24) is 19.7 Å². The predicted octanol–water partition coefficient (Wildman–Crippen LogP) is 1.06. The minimum atomic E-state index is -2.85. The molecule has 0 N–H and O–H groups in total. The standard InChI is InChI=1S/C19H26N4O3S2/c1-21(12-18-20-16-4-2-3-5-17(16)27-18)19(24)13-22-7-9-23(10-8-22)15-6-11-28(25,26)14-15/h2-5,15H,6-14H2,1H3/t15-/m0/s1. The highest BCUT2D eigenvalue weighted by Gasteiger charge is 2.34. The van der Waals surface area contributed by atoms with Crippen molar-refractivity contribution in [2.75, 3.05) is 51.3 Å². The van der Waals surface area contributed by atoms with Gasteiger partial charge in [0, 0.05) is 39.3 Å². The maximum absolute atomic E-state index is 12.6. The van der Waals surface area contributed by atoms with Gasteiger partial charge in [0.15, 0.2) is 9.84 Å². The lowest BCUT2D eigenvalue weighted by Crippen LogP contribution is -2.52. The fourth-order valence-electron chi connectivity index (χ4n) is 3.94. The number of sulfone groups is 1. The smallest absolute Gasteiger partial charge is 0.236 e. The number of likely N-dealkylation sites (N-methyl/N-ethyl adjacent to an activating group) is 1. The van der Waals surface area contributed by atoms with Crippen molar-refractivity contribution in [3.8, 4) is 0 Å². The average Bonchev–Trinajstić information content (AvgIpc) is 3.24. The molecule has 152 valence electrons. The van der Waals surface area contributed by atoms with E-state index in [-0.39, 0.29) is 17.7 Å². The Hall–Kier alpha value is -1.55. The zero-order valence-electron chi connectivity index (χ0n) is 16.1. The minimum Gasteiger partial charge on any atom is -0.338 e. The number of piperazine rings is 1. The third-order valence-electron chi connectivity index (χ3n) is 5.63. The van der Waals surface area contributed by atoms with Gasteiger partial charge in [-0.3, -0.25) is 14.6 Å². The van der Waals surface area contributed by atoms with E-state index in [2.05, 4.69) is 14.8 Å². The van der Waals surface area contributed by atoms with Crippen LogP contribution in [0.2, 0.25) is 0 Å². The molecule has 28 heavy (non-hydrogen) atoms. The van der Waals surface area contributed by atoms with Crippen molar-refractivity contribution < 1.29 is 13.2 Å². The van der Waals surface area contributed by atoms with Crippen LogP contribution in [0, 0.1) is 0 Å². The van der Waals surface area contributed by atoms with Crippen LogP contribution in [0.15, 0.2) is 24.3 Å². The molecule has 9 heteroatoms. The molecule has 2 fully saturated rings. The van der Waals surface area contributed by atoms with Crippen molar-refractivity contribution in [2.24, 2.45) is 0 Å². The zero-order chi connectivity index (χ0) is 19.7. The van der Waals surface area contributed by atoms with Crippen LogP contribution in [0.4, 0.5) is 0 Å². The number of amides is 1. The molecule has 0 bridgehead atoms. The largest absolute Gasteiger partial charge is 0.338 e. The van der Waals surface area contributed by atoms with Gasteiger partial charge < -0.3 is 4.90 Å². The Morgan fingerprint density at radius 2 is 2.00 bits per heavy atom. The number of aromatic nitrogens is 1. The van der Waals surface area contributed by atoms with Crippen molar-refractivity contribution in [1.29, 1.82) is 0 Å². The first-order chi connectivity index (χ1) is 13.4. The van der Waals surface area contributed by atoms with Gasteiger partial charge >= 0.3 is 0 Å². The number of hydrogen-bond donors (Lipinski definition) is 0. The molecule has 4 rings (SSSR count). The molecule has 1 amide bonds.